The van der Waals surface area contributed by atoms with Gasteiger partial charge in [-0.2, -0.15) is 5.10 Å². The Morgan fingerprint density at radius 1 is 1.19 bits per heavy atom. The maximum Gasteiger partial charge on any atom is 0.336 e. The van der Waals surface area contributed by atoms with E-state index in [0.717, 1.165) is 0 Å². The molecule has 0 saturated carbocycles. The Labute approximate surface area is 119 Å². The lowest BCUT2D eigenvalue weighted by molar-refractivity contribution is -0.384. The van der Waals surface area contributed by atoms with Gasteiger partial charge in [0.05, 0.1) is 16.7 Å². The largest absolute Gasteiger partial charge is 0.478 e. The van der Waals surface area contributed by atoms with Crippen molar-refractivity contribution in [1.82, 2.24) is 0 Å². The zero-order valence-corrected chi connectivity index (χ0v) is 10.8. The topological polar surface area (TPSA) is 105 Å². The highest BCUT2D eigenvalue weighted by Gasteiger charge is 2.11. The lowest BCUT2D eigenvalue weighted by Gasteiger charge is -2.02. The lowest BCUT2D eigenvalue weighted by atomic mass is 10.1. The quantitative estimate of drug-likeness (QED) is 0.499. The molecule has 2 aromatic carbocycles. The van der Waals surface area contributed by atoms with Gasteiger partial charge in [-0.25, -0.2) is 4.79 Å². The van der Waals surface area contributed by atoms with Crippen LogP contribution in [0.4, 0.5) is 11.4 Å². The van der Waals surface area contributed by atoms with Crippen molar-refractivity contribution in [3.63, 3.8) is 0 Å². The number of carboxylic acids is 1. The molecule has 0 heterocycles. The van der Waals surface area contributed by atoms with Crippen LogP contribution >= 0.6 is 0 Å². The molecule has 21 heavy (non-hydrogen) atoms. The summed E-state index contributed by atoms with van der Waals surface area (Å²) in [5.74, 6) is -1.07. The number of nitrogens with zero attached hydrogens (tertiary/aromatic N) is 2. The molecule has 7 nitrogen and oxygen atoms in total. The summed E-state index contributed by atoms with van der Waals surface area (Å²) >= 11 is 0. The van der Waals surface area contributed by atoms with Crippen LogP contribution in [0.3, 0.4) is 0 Å². The predicted octanol–water partition coefficient (Wildman–Crippen LogP) is 2.74. The summed E-state index contributed by atoms with van der Waals surface area (Å²) in [6.07, 6.45) is 1.31. The molecule has 0 amide bonds. The first-order chi connectivity index (χ1) is 10.1. The van der Waals surface area contributed by atoms with Crippen molar-refractivity contribution < 1.29 is 14.8 Å². The van der Waals surface area contributed by atoms with E-state index in [0.29, 0.717) is 5.56 Å². The second kappa shape index (κ2) is 6.29. The van der Waals surface area contributed by atoms with Gasteiger partial charge in [-0.05, 0) is 12.1 Å². The number of hydrazone groups is 1. The highest BCUT2D eigenvalue weighted by atomic mass is 16.6. The van der Waals surface area contributed by atoms with Crippen LogP contribution in [0.2, 0.25) is 0 Å². The summed E-state index contributed by atoms with van der Waals surface area (Å²) in [6, 6.07) is 12.4. The fourth-order valence-corrected chi connectivity index (χ4v) is 1.70. The summed E-state index contributed by atoms with van der Waals surface area (Å²) in [6.45, 7) is 0. The van der Waals surface area contributed by atoms with Crippen LogP contribution in [0.15, 0.2) is 53.6 Å². The molecular formula is C14H11N3O4. The minimum Gasteiger partial charge on any atom is -0.478 e. The Bertz CT molecular complexity index is 713. The van der Waals surface area contributed by atoms with Gasteiger partial charge in [0.15, 0.2) is 0 Å². The summed E-state index contributed by atoms with van der Waals surface area (Å²) in [5.41, 5.74) is 3.16. The first-order valence-corrected chi connectivity index (χ1v) is 5.94. The third kappa shape index (κ3) is 3.41. The van der Waals surface area contributed by atoms with Crippen LogP contribution in [0.25, 0.3) is 0 Å². The molecule has 2 aromatic rings. The summed E-state index contributed by atoms with van der Waals surface area (Å²) in [4.78, 5) is 21.3. The number of aromatic carboxylic acids is 1. The number of benzene rings is 2. The average Bonchev–Trinajstić information content (AvgIpc) is 2.48. The molecule has 0 unspecified atom stereocenters. The molecule has 0 spiro atoms. The molecule has 7 heteroatoms. The van der Waals surface area contributed by atoms with Crippen LogP contribution in [0.5, 0.6) is 0 Å². The second-order valence-electron chi connectivity index (χ2n) is 4.04. The SMILES string of the molecule is O=C(O)c1ccccc1/C=N/Nc1ccccc1[N+](=O)[O-]. The van der Waals surface area contributed by atoms with E-state index in [1.807, 2.05) is 0 Å². The number of para-hydroxylation sites is 2. The van der Waals surface area contributed by atoms with Crippen LogP contribution in [-0.4, -0.2) is 22.2 Å². The van der Waals surface area contributed by atoms with Gasteiger partial charge in [-0.3, -0.25) is 15.5 Å². The normalized spacial score (nSPS) is 10.5. The predicted molar refractivity (Wildman–Crippen MR) is 77.7 cm³/mol. The second-order valence-corrected chi connectivity index (χ2v) is 4.04. The van der Waals surface area contributed by atoms with Crippen molar-refractivity contribution in [2.75, 3.05) is 5.43 Å². The van der Waals surface area contributed by atoms with E-state index in [4.69, 9.17) is 5.11 Å². The molecule has 0 aliphatic heterocycles. The van der Waals surface area contributed by atoms with Crippen LogP contribution in [0, 0.1) is 10.1 Å². The van der Waals surface area contributed by atoms with E-state index in [9.17, 15) is 14.9 Å². The van der Waals surface area contributed by atoms with Crippen LogP contribution < -0.4 is 5.43 Å². The number of hydrogen-bond acceptors (Lipinski definition) is 5. The molecule has 0 saturated heterocycles. The summed E-state index contributed by atoms with van der Waals surface area (Å²) < 4.78 is 0. The Hall–Kier alpha value is -3.22. The molecule has 2 rings (SSSR count). The van der Waals surface area contributed by atoms with Gasteiger partial charge in [0.1, 0.15) is 5.69 Å². The Morgan fingerprint density at radius 2 is 1.86 bits per heavy atom. The third-order valence-corrected chi connectivity index (χ3v) is 2.68. The maximum absolute atomic E-state index is 11.0. The Kier molecular flexibility index (Phi) is 4.25. The molecule has 0 aliphatic rings. The average molecular weight is 285 g/mol. The number of anilines is 1. The molecule has 0 aliphatic carbocycles. The third-order valence-electron chi connectivity index (χ3n) is 2.68. The van der Waals surface area contributed by atoms with E-state index in [-0.39, 0.29) is 16.9 Å². The number of rotatable bonds is 5. The van der Waals surface area contributed by atoms with Gasteiger partial charge >= 0.3 is 5.97 Å². The smallest absolute Gasteiger partial charge is 0.336 e. The van der Waals surface area contributed by atoms with E-state index >= 15 is 0 Å². The van der Waals surface area contributed by atoms with Crippen LogP contribution in [-0.2, 0) is 0 Å². The molecular weight excluding hydrogens is 274 g/mol. The van der Waals surface area contributed by atoms with Crippen molar-refractivity contribution >= 4 is 23.6 Å². The van der Waals surface area contributed by atoms with E-state index < -0.39 is 10.9 Å². The Morgan fingerprint density at radius 3 is 2.57 bits per heavy atom. The zero-order valence-electron chi connectivity index (χ0n) is 10.8. The maximum atomic E-state index is 11.0. The van der Waals surface area contributed by atoms with Gasteiger partial charge in [0.2, 0.25) is 0 Å². The molecule has 0 fully saturated rings. The molecule has 106 valence electrons. The minimum absolute atomic E-state index is 0.102. The standard InChI is InChI=1S/C14H11N3O4/c18-14(19)11-6-2-1-5-10(11)9-15-16-12-7-3-4-8-13(12)17(20)21/h1-9,16H,(H,18,19)/b15-9+. The molecule has 0 aromatic heterocycles. The first-order valence-electron chi connectivity index (χ1n) is 5.94. The first kappa shape index (κ1) is 14.2. The molecule has 0 radical (unpaired) electrons. The number of carboxylic acid groups (broad SMARTS) is 1. The van der Waals surface area contributed by atoms with Gasteiger partial charge in [-0.15, -0.1) is 0 Å². The monoisotopic (exact) mass is 285 g/mol. The fourth-order valence-electron chi connectivity index (χ4n) is 1.70. The van der Waals surface area contributed by atoms with Crippen LogP contribution in [0.1, 0.15) is 15.9 Å². The Balaban J connectivity index is 2.21. The fraction of sp³-hybridized carbons (Fsp3) is 0. The number of nitro benzene ring substituents is 1. The van der Waals surface area contributed by atoms with E-state index in [1.54, 1.807) is 30.3 Å². The molecule has 2 N–H and O–H groups in total. The number of carbonyl (C=O) groups is 1. The number of hydrogen-bond donors (Lipinski definition) is 2. The highest BCUT2D eigenvalue weighted by molar-refractivity contribution is 5.98. The van der Waals surface area contributed by atoms with E-state index in [1.165, 1.54) is 24.4 Å². The molecule has 0 atom stereocenters. The lowest BCUT2D eigenvalue weighted by Crippen LogP contribution is -2.02. The summed E-state index contributed by atoms with van der Waals surface area (Å²) in [5, 5.41) is 23.7. The number of nitro groups is 1. The molecule has 0 bridgehead atoms. The van der Waals surface area contributed by atoms with Gasteiger partial charge in [-0.1, -0.05) is 30.3 Å². The van der Waals surface area contributed by atoms with Gasteiger partial charge in [0, 0.05) is 11.6 Å². The van der Waals surface area contributed by atoms with Crippen molar-refractivity contribution in [3.05, 3.63) is 69.8 Å². The van der Waals surface area contributed by atoms with E-state index in [2.05, 4.69) is 10.5 Å². The zero-order chi connectivity index (χ0) is 15.2. The van der Waals surface area contributed by atoms with Crippen molar-refractivity contribution in [2.24, 2.45) is 5.10 Å². The van der Waals surface area contributed by atoms with Crippen molar-refractivity contribution in [1.29, 1.82) is 0 Å². The number of nitrogens with one attached hydrogen (secondary N) is 1. The van der Waals surface area contributed by atoms with Crippen molar-refractivity contribution in [2.45, 2.75) is 0 Å². The highest BCUT2D eigenvalue weighted by Crippen LogP contribution is 2.22. The summed E-state index contributed by atoms with van der Waals surface area (Å²) in [7, 11) is 0. The van der Waals surface area contributed by atoms with Crippen molar-refractivity contribution in [3.8, 4) is 0 Å². The minimum atomic E-state index is -1.07. The van der Waals surface area contributed by atoms with Gasteiger partial charge < -0.3 is 5.11 Å². The van der Waals surface area contributed by atoms with Gasteiger partial charge in [0.25, 0.3) is 5.69 Å².